The lowest BCUT2D eigenvalue weighted by Crippen LogP contribution is -2.35. The van der Waals surface area contributed by atoms with Gasteiger partial charge in [-0.2, -0.15) is 13.2 Å². The fourth-order valence-electron chi connectivity index (χ4n) is 3.77. The Hall–Kier alpha value is -2.14. The number of rotatable bonds is 5. The van der Waals surface area contributed by atoms with Gasteiger partial charge in [0.2, 0.25) is 0 Å². The van der Waals surface area contributed by atoms with E-state index in [-0.39, 0.29) is 12.5 Å². The summed E-state index contributed by atoms with van der Waals surface area (Å²) in [5, 5.41) is 0. The molecule has 1 atom stereocenters. The highest BCUT2D eigenvalue weighted by molar-refractivity contribution is 14.2. The maximum Gasteiger partial charge on any atom is 0.412 e. The molecule has 1 fully saturated rings. The summed E-state index contributed by atoms with van der Waals surface area (Å²) in [5.74, 6) is 1.31. The summed E-state index contributed by atoms with van der Waals surface area (Å²) in [4.78, 5) is 14.6. The van der Waals surface area contributed by atoms with Crippen molar-refractivity contribution in [2.45, 2.75) is 32.0 Å². The van der Waals surface area contributed by atoms with Crippen LogP contribution in [0.3, 0.4) is 0 Å². The van der Waals surface area contributed by atoms with Crippen LogP contribution in [0.2, 0.25) is 0 Å². The van der Waals surface area contributed by atoms with Gasteiger partial charge in [-0.1, -0.05) is 23.8 Å². The van der Waals surface area contributed by atoms with Crippen LogP contribution in [0.4, 0.5) is 23.7 Å². The van der Waals surface area contributed by atoms with E-state index in [9.17, 15) is 18.0 Å². The smallest absolute Gasteiger partial charge is 0.412 e. The monoisotopic (exact) mass is 572 g/mol. The number of benzene rings is 2. The number of amides is 2. The van der Waals surface area contributed by atoms with Crippen molar-refractivity contribution in [3.8, 4) is 11.5 Å². The zero-order valence-corrected chi connectivity index (χ0v) is 20.1. The van der Waals surface area contributed by atoms with Crippen LogP contribution in [0.1, 0.15) is 18.4 Å². The van der Waals surface area contributed by atoms with Gasteiger partial charge in [-0.05, 0) is 67.8 Å². The van der Waals surface area contributed by atoms with Gasteiger partial charge in [0.1, 0.15) is 11.5 Å². The van der Waals surface area contributed by atoms with Gasteiger partial charge in [-0.25, -0.2) is 4.79 Å². The van der Waals surface area contributed by atoms with Crippen molar-refractivity contribution in [1.82, 2.24) is 4.31 Å². The molecule has 1 aliphatic heterocycles. The van der Waals surface area contributed by atoms with Crippen molar-refractivity contribution in [1.29, 1.82) is 0 Å². The predicted octanol–water partition coefficient (Wildman–Crippen LogP) is 7.61. The normalized spacial score (nSPS) is 19.2. The zero-order valence-electron chi connectivity index (χ0n) is 17.1. The molecule has 0 spiro atoms. The molecule has 4 nitrogen and oxygen atoms in total. The minimum Gasteiger partial charge on any atom is -0.457 e. The molecule has 2 aromatic rings. The fourth-order valence-corrected chi connectivity index (χ4v) is 5.10. The van der Waals surface area contributed by atoms with Crippen LogP contribution >= 0.6 is 30.3 Å². The van der Waals surface area contributed by atoms with Gasteiger partial charge in [0.05, 0.1) is 12.6 Å². The van der Waals surface area contributed by atoms with Crippen LogP contribution < -0.4 is 9.64 Å². The number of hydrogen-bond donors (Lipinski definition) is 0. The van der Waals surface area contributed by atoms with Gasteiger partial charge >= 0.3 is 12.2 Å². The second-order valence-electron chi connectivity index (χ2n) is 7.62. The minimum absolute atomic E-state index is 0.0382. The quantitative estimate of drug-likeness (QED) is 0.273. The molecule has 0 aromatic heterocycles. The van der Waals surface area contributed by atoms with E-state index < -0.39 is 17.8 Å². The van der Waals surface area contributed by atoms with Gasteiger partial charge in [-0.15, -0.1) is 0 Å². The second kappa shape index (κ2) is 9.38. The first-order valence-electron chi connectivity index (χ1n) is 9.98. The molecule has 1 saturated heterocycles. The average Bonchev–Trinajstić information content (AvgIpc) is 3.12. The molecule has 9 heteroatoms. The molecule has 0 bridgehead atoms. The van der Waals surface area contributed by atoms with Crippen LogP contribution in [-0.2, 0) is 0 Å². The lowest BCUT2D eigenvalue weighted by atomic mass is 9.94. The van der Waals surface area contributed by atoms with Crippen molar-refractivity contribution in [2.75, 3.05) is 11.4 Å². The van der Waals surface area contributed by atoms with E-state index in [0.29, 0.717) is 35.7 Å². The van der Waals surface area contributed by atoms with E-state index in [1.165, 1.54) is 15.2 Å². The SMILES string of the molecule is Cc1ccc(Oc2ccc(N3C(=O)N(SI)CC3C3=CCCC(C(F)(F)F)=C3)cc2)cc1. The molecule has 0 N–H and O–H groups in total. The summed E-state index contributed by atoms with van der Waals surface area (Å²) in [5.41, 5.74) is 1.70. The van der Waals surface area contributed by atoms with Crippen molar-refractivity contribution < 1.29 is 22.7 Å². The van der Waals surface area contributed by atoms with E-state index in [1.807, 2.05) is 52.4 Å². The van der Waals surface area contributed by atoms with Crippen LogP contribution in [0, 0.1) is 6.92 Å². The Kier molecular flexibility index (Phi) is 6.75. The molecule has 0 radical (unpaired) electrons. The van der Waals surface area contributed by atoms with E-state index in [1.54, 1.807) is 39.5 Å². The molecule has 2 amide bonds. The summed E-state index contributed by atoms with van der Waals surface area (Å²) in [6, 6.07) is 13.9. The topological polar surface area (TPSA) is 32.8 Å². The molecule has 1 heterocycles. The van der Waals surface area contributed by atoms with E-state index in [0.717, 1.165) is 5.56 Å². The Morgan fingerprint density at radius 1 is 1.06 bits per heavy atom. The highest BCUT2D eigenvalue weighted by atomic mass is 127. The predicted molar refractivity (Wildman–Crippen MR) is 129 cm³/mol. The number of anilines is 1. The number of allylic oxidation sites excluding steroid dienone is 2. The molecule has 2 aliphatic rings. The summed E-state index contributed by atoms with van der Waals surface area (Å²) >= 11 is 2.01. The van der Waals surface area contributed by atoms with E-state index in [4.69, 9.17) is 4.74 Å². The lowest BCUT2D eigenvalue weighted by Gasteiger charge is -2.27. The van der Waals surface area contributed by atoms with Gasteiger partial charge in [0.25, 0.3) is 0 Å². The Balaban J connectivity index is 1.59. The Morgan fingerprint density at radius 3 is 2.28 bits per heavy atom. The molecule has 1 aliphatic carbocycles. The lowest BCUT2D eigenvalue weighted by molar-refractivity contribution is -0.0941. The summed E-state index contributed by atoms with van der Waals surface area (Å²) < 4.78 is 47.2. The standard InChI is InChI=1S/C23H20F3IN2O2S/c1-15-5-9-19(10-6-15)31-20-11-7-18(8-12-20)29-21(14-28(32-27)22(29)30)16-3-2-4-17(13-16)23(24,25)26/h3,5-13,21H,2,4,14H2,1H3. The second-order valence-corrected chi connectivity index (χ2v) is 9.38. The molecular weight excluding hydrogens is 552 g/mol. The number of aryl methyl sites for hydroxylation is 1. The molecule has 2 aromatic carbocycles. The number of nitrogens with zero attached hydrogens (tertiary/aromatic N) is 2. The number of alkyl halides is 3. The summed E-state index contributed by atoms with van der Waals surface area (Å²) in [6.45, 7) is 2.30. The first kappa shape index (κ1) is 23.0. The number of hydrogen-bond acceptors (Lipinski definition) is 3. The maximum absolute atomic E-state index is 13.3. The molecule has 4 rings (SSSR count). The molecule has 32 heavy (non-hydrogen) atoms. The van der Waals surface area contributed by atoms with Gasteiger partial charge in [0, 0.05) is 41.6 Å². The van der Waals surface area contributed by atoms with Crippen LogP contribution in [0.25, 0.3) is 0 Å². The molecule has 168 valence electrons. The fraction of sp³-hybridized carbons (Fsp3) is 0.261. The average molecular weight is 572 g/mol. The number of carbonyl (C=O) groups is 1. The van der Waals surface area contributed by atoms with Crippen LogP contribution in [0.15, 0.2) is 71.8 Å². The number of urea groups is 1. The zero-order chi connectivity index (χ0) is 22.9. The highest BCUT2D eigenvalue weighted by Crippen LogP contribution is 2.39. The largest absolute Gasteiger partial charge is 0.457 e. The van der Waals surface area contributed by atoms with Crippen LogP contribution in [0.5, 0.6) is 11.5 Å². The molecular formula is C23H20F3IN2O2S. The first-order chi connectivity index (χ1) is 15.3. The van der Waals surface area contributed by atoms with Crippen molar-refractivity contribution in [3.63, 3.8) is 0 Å². The van der Waals surface area contributed by atoms with Crippen LogP contribution in [-0.4, -0.2) is 29.1 Å². The summed E-state index contributed by atoms with van der Waals surface area (Å²) in [6.07, 6.45) is -1.09. The summed E-state index contributed by atoms with van der Waals surface area (Å²) in [7, 11) is 1.24. The van der Waals surface area contributed by atoms with Crippen molar-refractivity contribution >= 4 is 42.0 Å². The highest BCUT2D eigenvalue weighted by Gasteiger charge is 2.42. The van der Waals surface area contributed by atoms with Gasteiger partial charge in [0.15, 0.2) is 0 Å². The first-order valence-corrected chi connectivity index (χ1v) is 13.3. The molecule has 0 saturated carbocycles. The van der Waals surface area contributed by atoms with Crippen molar-refractivity contribution in [2.24, 2.45) is 0 Å². The number of ether oxygens (including phenoxy) is 1. The van der Waals surface area contributed by atoms with Crippen molar-refractivity contribution in [3.05, 3.63) is 77.4 Å². The van der Waals surface area contributed by atoms with Gasteiger partial charge in [-0.3, -0.25) is 9.21 Å². The van der Waals surface area contributed by atoms with E-state index in [2.05, 4.69) is 0 Å². The Bertz CT molecular complexity index is 1050. The Morgan fingerprint density at radius 2 is 1.69 bits per heavy atom. The number of carbonyl (C=O) groups excluding carboxylic acids is 1. The third kappa shape index (κ3) is 4.93. The third-order valence-corrected chi connectivity index (χ3v) is 7.31. The molecule has 1 unspecified atom stereocenters. The van der Waals surface area contributed by atoms with E-state index >= 15 is 0 Å². The Labute approximate surface area is 200 Å². The minimum atomic E-state index is -4.36. The number of halogens is 4. The van der Waals surface area contributed by atoms with Gasteiger partial charge < -0.3 is 4.74 Å². The maximum atomic E-state index is 13.3. The third-order valence-electron chi connectivity index (χ3n) is 5.41.